The van der Waals surface area contributed by atoms with Crippen molar-refractivity contribution in [3.05, 3.63) is 0 Å². The Labute approximate surface area is 92.7 Å². The fourth-order valence-corrected chi connectivity index (χ4v) is 0.710. The Morgan fingerprint density at radius 1 is 0.812 bits per heavy atom. The Hall–Kier alpha value is -1.71. The summed E-state index contributed by atoms with van der Waals surface area (Å²) < 4.78 is 0. The fourth-order valence-electron chi connectivity index (χ4n) is 0.710. The minimum Gasteiger partial charge on any atom is -0.395 e. The van der Waals surface area contributed by atoms with E-state index >= 15 is 0 Å². The number of nitrogens with zero attached hydrogens (tertiary/aromatic N) is 3. The molecule has 0 aromatic carbocycles. The zero-order valence-electron chi connectivity index (χ0n) is 8.80. The number of hydrogen-bond donors (Lipinski definition) is 6. The summed E-state index contributed by atoms with van der Waals surface area (Å²) >= 11 is 0. The first-order chi connectivity index (χ1) is 7.60. The van der Waals surface area contributed by atoms with E-state index in [9.17, 15) is 0 Å². The number of aliphatic hydroxyl groups excluding tert-OH is 2. The largest absolute Gasteiger partial charge is 0.395 e. The Balaban J connectivity index is 0.000000293. The van der Waals surface area contributed by atoms with Gasteiger partial charge in [0, 0.05) is 13.1 Å². The number of aromatic nitrogens is 3. The van der Waals surface area contributed by atoms with E-state index in [1.54, 1.807) is 0 Å². The molecule has 1 aromatic heterocycles. The van der Waals surface area contributed by atoms with Crippen LogP contribution in [0.5, 0.6) is 0 Å². The molecule has 0 saturated heterocycles. The van der Waals surface area contributed by atoms with Crippen LogP contribution >= 0.6 is 0 Å². The van der Waals surface area contributed by atoms with E-state index in [0.717, 1.165) is 0 Å². The van der Waals surface area contributed by atoms with Gasteiger partial charge in [0.2, 0.25) is 17.8 Å². The molecule has 9 heteroatoms. The van der Waals surface area contributed by atoms with Gasteiger partial charge >= 0.3 is 0 Å². The number of nitrogens with one attached hydrogen (secondary N) is 1. The second kappa shape index (κ2) is 8.59. The lowest BCUT2D eigenvalue weighted by atomic mass is 10.6. The van der Waals surface area contributed by atoms with Crippen molar-refractivity contribution in [2.75, 3.05) is 43.5 Å². The van der Waals surface area contributed by atoms with E-state index in [4.69, 9.17) is 27.4 Å². The van der Waals surface area contributed by atoms with Gasteiger partial charge in [-0.25, -0.2) is 0 Å². The van der Waals surface area contributed by atoms with Crippen LogP contribution in [-0.2, 0) is 0 Å². The first-order valence-corrected chi connectivity index (χ1v) is 4.55. The summed E-state index contributed by atoms with van der Waals surface area (Å²) in [5, 5.41) is 19.1. The van der Waals surface area contributed by atoms with Crippen molar-refractivity contribution in [3.8, 4) is 0 Å². The lowest BCUT2D eigenvalue weighted by Crippen LogP contribution is -2.21. The maximum atomic E-state index is 8.15. The van der Waals surface area contributed by atoms with E-state index in [1.807, 2.05) is 0 Å². The standard InChI is InChI=1S/C4H11NO2.C3H6N6/c6-3-1-5-2-4-7;4-1-7-2(5)9-3(6)8-1/h5-7H,1-4H2;(H6,4,5,6,7,8,9). The smallest absolute Gasteiger partial charge is 0.226 e. The van der Waals surface area contributed by atoms with Crippen LogP contribution in [0, 0.1) is 0 Å². The third-order valence-corrected chi connectivity index (χ3v) is 1.26. The monoisotopic (exact) mass is 231 g/mol. The summed E-state index contributed by atoms with van der Waals surface area (Å²) in [5.41, 5.74) is 15.4. The van der Waals surface area contributed by atoms with Gasteiger partial charge in [-0.2, -0.15) is 15.0 Å². The van der Waals surface area contributed by atoms with E-state index in [0.29, 0.717) is 13.1 Å². The molecule has 9 nitrogen and oxygen atoms in total. The minimum absolute atomic E-state index is 0.0417. The molecule has 1 rings (SSSR count). The van der Waals surface area contributed by atoms with E-state index < -0.39 is 0 Å². The molecule has 0 aliphatic carbocycles. The zero-order chi connectivity index (χ0) is 12.4. The molecule has 16 heavy (non-hydrogen) atoms. The molecule has 0 aliphatic heterocycles. The van der Waals surface area contributed by atoms with E-state index in [2.05, 4.69) is 20.3 Å². The number of aliphatic hydroxyl groups is 2. The number of nitrogens with two attached hydrogens (primary N) is 3. The fraction of sp³-hybridized carbons (Fsp3) is 0.571. The summed E-state index contributed by atoms with van der Waals surface area (Å²) in [5.74, 6) is 0.125. The van der Waals surface area contributed by atoms with Crippen LogP contribution in [-0.4, -0.2) is 51.5 Å². The van der Waals surface area contributed by atoms with E-state index in [-0.39, 0.29) is 31.1 Å². The third kappa shape index (κ3) is 7.67. The summed E-state index contributed by atoms with van der Waals surface area (Å²) in [7, 11) is 0. The minimum atomic E-state index is 0.0417. The number of nitrogen functional groups attached to an aromatic ring is 3. The number of hydrogen-bond acceptors (Lipinski definition) is 9. The molecule has 92 valence electrons. The Kier molecular flexibility index (Phi) is 7.67. The summed E-state index contributed by atoms with van der Waals surface area (Å²) in [4.78, 5) is 10.5. The molecule has 1 aromatic rings. The van der Waals surface area contributed by atoms with Crippen molar-refractivity contribution in [2.45, 2.75) is 0 Å². The highest BCUT2D eigenvalue weighted by molar-refractivity contribution is 5.33. The third-order valence-electron chi connectivity index (χ3n) is 1.26. The first kappa shape index (κ1) is 14.3. The molecule has 0 unspecified atom stereocenters. The number of anilines is 3. The van der Waals surface area contributed by atoms with Crippen molar-refractivity contribution >= 4 is 17.8 Å². The molecule has 1 heterocycles. The second-order valence-corrected chi connectivity index (χ2v) is 2.61. The highest BCUT2D eigenvalue weighted by atomic mass is 16.3. The van der Waals surface area contributed by atoms with Gasteiger partial charge < -0.3 is 32.7 Å². The van der Waals surface area contributed by atoms with Gasteiger partial charge in [-0.1, -0.05) is 0 Å². The second-order valence-electron chi connectivity index (χ2n) is 2.61. The van der Waals surface area contributed by atoms with Gasteiger partial charge in [-0.3, -0.25) is 0 Å². The van der Waals surface area contributed by atoms with Crippen LogP contribution in [0.4, 0.5) is 17.8 Å². The van der Waals surface area contributed by atoms with Crippen molar-refractivity contribution < 1.29 is 10.2 Å². The molecule has 0 saturated carbocycles. The molecule has 0 amide bonds. The van der Waals surface area contributed by atoms with Gasteiger partial charge in [0.05, 0.1) is 13.2 Å². The van der Waals surface area contributed by atoms with Gasteiger partial charge in [-0.15, -0.1) is 0 Å². The van der Waals surface area contributed by atoms with Crippen molar-refractivity contribution in [2.24, 2.45) is 0 Å². The average molecular weight is 231 g/mol. The Morgan fingerprint density at radius 2 is 1.12 bits per heavy atom. The SMILES string of the molecule is Nc1nc(N)nc(N)n1.OCCNCCO. The molecule has 0 aliphatic rings. The van der Waals surface area contributed by atoms with Crippen molar-refractivity contribution in [3.63, 3.8) is 0 Å². The van der Waals surface area contributed by atoms with Gasteiger partial charge in [0.1, 0.15) is 0 Å². The summed E-state index contributed by atoms with van der Waals surface area (Å²) in [6.45, 7) is 1.42. The molecular formula is C7H17N7O2. The van der Waals surface area contributed by atoms with Crippen molar-refractivity contribution in [1.82, 2.24) is 20.3 Å². The first-order valence-electron chi connectivity index (χ1n) is 4.55. The predicted octanol–water partition coefficient (Wildman–Crippen LogP) is -2.82. The molecule has 0 spiro atoms. The zero-order valence-corrected chi connectivity index (χ0v) is 8.80. The van der Waals surface area contributed by atoms with Crippen LogP contribution < -0.4 is 22.5 Å². The van der Waals surface area contributed by atoms with Crippen LogP contribution in [0.15, 0.2) is 0 Å². The molecule has 9 N–H and O–H groups in total. The Bertz CT molecular complexity index is 242. The van der Waals surface area contributed by atoms with Crippen LogP contribution in [0.3, 0.4) is 0 Å². The maximum absolute atomic E-state index is 8.15. The van der Waals surface area contributed by atoms with Gasteiger partial charge in [0.25, 0.3) is 0 Å². The normalized spacial score (nSPS) is 9.38. The molecule has 0 atom stereocenters. The quantitative estimate of drug-likeness (QED) is 0.299. The molecule has 0 radical (unpaired) electrons. The highest BCUT2D eigenvalue weighted by Gasteiger charge is 1.93. The predicted molar refractivity (Wildman–Crippen MR) is 60.1 cm³/mol. The summed E-state index contributed by atoms with van der Waals surface area (Å²) in [6, 6.07) is 0. The van der Waals surface area contributed by atoms with Crippen molar-refractivity contribution in [1.29, 1.82) is 0 Å². The maximum Gasteiger partial charge on any atom is 0.226 e. The molecular weight excluding hydrogens is 214 g/mol. The summed E-state index contributed by atoms with van der Waals surface area (Å²) in [6.07, 6.45) is 0. The van der Waals surface area contributed by atoms with Gasteiger partial charge in [0.15, 0.2) is 0 Å². The highest BCUT2D eigenvalue weighted by Crippen LogP contribution is 1.97. The number of rotatable bonds is 4. The van der Waals surface area contributed by atoms with Crippen LogP contribution in [0.25, 0.3) is 0 Å². The lowest BCUT2D eigenvalue weighted by Gasteiger charge is -1.94. The van der Waals surface area contributed by atoms with E-state index in [1.165, 1.54) is 0 Å². The van der Waals surface area contributed by atoms with Gasteiger partial charge in [-0.05, 0) is 0 Å². The average Bonchev–Trinajstić information content (AvgIpc) is 2.17. The van der Waals surface area contributed by atoms with Crippen LogP contribution in [0.1, 0.15) is 0 Å². The lowest BCUT2D eigenvalue weighted by molar-refractivity contribution is 0.267. The molecule has 0 fully saturated rings. The van der Waals surface area contributed by atoms with Crippen LogP contribution in [0.2, 0.25) is 0 Å². The Morgan fingerprint density at radius 3 is 1.38 bits per heavy atom. The topological polar surface area (TPSA) is 169 Å². The molecule has 0 bridgehead atoms.